The van der Waals surface area contributed by atoms with Crippen molar-refractivity contribution >= 4 is 22.3 Å². The van der Waals surface area contributed by atoms with Crippen LogP contribution in [0, 0.1) is 28.1 Å². The zero-order valence-electron chi connectivity index (χ0n) is 24.7. The Morgan fingerprint density at radius 3 is 2.44 bits per heavy atom. The molecule has 43 heavy (non-hydrogen) atoms. The summed E-state index contributed by atoms with van der Waals surface area (Å²) in [5, 5.41) is 27.8. The molecule has 1 atom stereocenters. The van der Waals surface area contributed by atoms with Gasteiger partial charge in [0.1, 0.15) is 18.0 Å². The van der Waals surface area contributed by atoms with E-state index in [0.717, 1.165) is 5.01 Å². The number of aromatic nitrogens is 1. The number of benzene rings is 1. The van der Waals surface area contributed by atoms with Gasteiger partial charge in [0, 0.05) is 30.0 Å². The van der Waals surface area contributed by atoms with Gasteiger partial charge >= 0.3 is 6.18 Å². The quantitative estimate of drug-likeness (QED) is 0.184. The molecule has 0 spiro atoms. The normalized spacial score (nSPS) is 17.5. The number of alkyl halides is 3. The minimum atomic E-state index is -4.47. The van der Waals surface area contributed by atoms with Crippen molar-refractivity contribution in [2.75, 3.05) is 17.2 Å². The number of nitrogens with zero attached hydrogens (tertiary/aromatic N) is 4. The average molecular weight is 595 g/mol. The van der Waals surface area contributed by atoms with E-state index in [1.54, 1.807) is 19.1 Å². The lowest BCUT2D eigenvalue weighted by atomic mass is 9.96. The molecule has 1 aromatic carbocycles. The number of rotatable bonds is 9. The molecule has 2 aliphatic rings. The number of hydrazine groups is 2. The van der Waals surface area contributed by atoms with Gasteiger partial charge in [0.25, 0.3) is 0 Å². The summed E-state index contributed by atoms with van der Waals surface area (Å²) >= 11 is 0. The lowest BCUT2D eigenvalue weighted by Crippen LogP contribution is -2.52. The minimum Gasteiger partial charge on any atom is -0.383 e. The van der Waals surface area contributed by atoms with Crippen LogP contribution in [-0.4, -0.2) is 34.3 Å². The molecular formula is C31H34F4N8. The SMILES string of the molecule is C=C(/C(C)=C(F)\C=C/C)[C@H](Nc1cc(C#N)c2ncc(C#N)c(NCC(C)(C)C)c2c1)C1=CN(C2(C(F)(F)F)CC2)NN1. The van der Waals surface area contributed by atoms with Crippen molar-refractivity contribution in [2.24, 2.45) is 5.41 Å². The molecule has 226 valence electrons. The van der Waals surface area contributed by atoms with Crippen molar-refractivity contribution in [1.82, 2.24) is 21.0 Å². The van der Waals surface area contributed by atoms with Gasteiger partial charge in [-0.1, -0.05) is 33.4 Å². The molecule has 2 heterocycles. The smallest absolute Gasteiger partial charge is 0.383 e. The van der Waals surface area contributed by atoms with Gasteiger partial charge in [-0.3, -0.25) is 9.99 Å². The molecule has 0 saturated heterocycles. The van der Waals surface area contributed by atoms with Crippen LogP contribution in [0.4, 0.5) is 28.9 Å². The Morgan fingerprint density at radius 1 is 1.21 bits per heavy atom. The van der Waals surface area contributed by atoms with Gasteiger partial charge in [0.05, 0.1) is 34.1 Å². The predicted molar refractivity (Wildman–Crippen MR) is 159 cm³/mol. The first-order chi connectivity index (χ1) is 20.2. The molecule has 2 aromatic rings. The fourth-order valence-corrected chi connectivity index (χ4v) is 4.75. The second-order valence-electron chi connectivity index (χ2n) is 11.9. The van der Waals surface area contributed by atoms with Crippen LogP contribution in [0.25, 0.3) is 10.9 Å². The lowest BCUT2D eigenvalue weighted by Gasteiger charge is -2.28. The highest BCUT2D eigenvalue weighted by Crippen LogP contribution is 2.53. The number of pyridine rings is 1. The van der Waals surface area contributed by atoms with Gasteiger partial charge in [-0.2, -0.15) is 23.7 Å². The highest BCUT2D eigenvalue weighted by Gasteiger charge is 2.67. The van der Waals surface area contributed by atoms with Crippen molar-refractivity contribution in [1.29, 1.82) is 10.5 Å². The van der Waals surface area contributed by atoms with Crippen LogP contribution >= 0.6 is 0 Å². The van der Waals surface area contributed by atoms with E-state index >= 15 is 0 Å². The number of nitriles is 2. The van der Waals surface area contributed by atoms with Crippen LogP contribution in [0.5, 0.6) is 0 Å². The Labute approximate surface area is 248 Å². The van der Waals surface area contributed by atoms with E-state index in [4.69, 9.17) is 0 Å². The van der Waals surface area contributed by atoms with Gasteiger partial charge in [-0.15, -0.1) is 5.53 Å². The van der Waals surface area contributed by atoms with Gasteiger partial charge in [-0.25, -0.2) is 4.39 Å². The maximum absolute atomic E-state index is 14.9. The zero-order valence-corrected chi connectivity index (χ0v) is 24.7. The van der Waals surface area contributed by atoms with Crippen molar-refractivity contribution in [3.8, 4) is 12.1 Å². The third-order valence-electron chi connectivity index (χ3n) is 7.43. The van der Waals surface area contributed by atoms with Crippen LogP contribution in [0.3, 0.4) is 0 Å². The first kappa shape index (κ1) is 31.4. The molecule has 1 aromatic heterocycles. The van der Waals surface area contributed by atoms with E-state index in [1.807, 2.05) is 20.8 Å². The average Bonchev–Trinajstić information content (AvgIpc) is 3.64. The van der Waals surface area contributed by atoms with Crippen LogP contribution in [-0.2, 0) is 0 Å². The maximum Gasteiger partial charge on any atom is 0.413 e. The molecule has 12 heteroatoms. The molecule has 1 saturated carbocycles. The van der Waals surface area contributed by atoms with Crippen LogP contribution < -0.4 is 21.6 Å². The van der Waals surface area contributed by atoms with E-state index in [2.05, 4.69) is 45.3 Å². The molecule has 4 N–H and O–H groups in total. The first-order valence-electron chi connectivity index (χ1n) is 13.7. The van der Waals surface area contributed by atoms with E-state index in [1.165, 1.54) is 31.5 Å². The topological polar surface area (TPSA) is 112 Å². The third-order valence-corrected chi connectivity index (χ3v) is 7.43. The molecule has 1 fully saturated rings. The molecule has 1 aliphatic heterocycles. The molecule has 0 bridgehead atoms. The van der Waals surface area contributed by atoms with Gasteiger partial charge < -0.3 is 16.1 Å². The van der Waals surface area contributed by atoms with Gasteiger partial charge in [0.2, 0.25) is 0 Å². The van der Waals surface area contributed by atoms with E-state index < -0.39 is 23.6 Å². The predicted octanol–water partition coefficient (Wildman–Crippen LogP) is 6.85. The molecule has 8 nitrogen and oxygen atoms in total. The number of hydrogen-bond acceptors (Lipinski definition) is 8. The van der Waals surface area contributed by atoms with Crippen LogP contribution in [0.2, 0.25) is 0 Å². The van der Waals surface area contributed by atoms with Crippen molar-refractivity contribution in [3.63, 3.8) is 0 Å². The summed E-state index contributed by atoms with van der Waals surface area (Å²) in [6.07, 6.45) is 0.902. The standard InChI is InChI=1S/C31H34F4N8/c1-7-8-24(32)18(2)19(3)26(25-16-43(42-41-25)30(9-10-30)31(33,34)35)40-22-11-20(13-36)27-23(12-22)28(21(14-37)15-38-27)39-17-29(4,5)6/h7-8,11-12,15-16,26,40-42H,3,9-10,17H2,1-2,4-6H3,(H,38,39)/b8-7-,24-18+/t26-/m0/s1. The summed E-state index contributed by atoms with van der Waals surface area (Å²) < 4.78 is 56.5. The zero-order chi connectivity index (χ0) is 31.7. The molecule has 0 amide bonds. The maximum atomic E-state index is 14.9. The summed E-state index contributed by atoms with van der Waals surface area (Å²) in [7, 11) is 0. The Bertz CT molecular complexity index is 1610. The molecular weight excluding hydrogens is 560 g/mol. The number of hydrogen-bond donors (Lipinski definition) is 4. The summed E-state index contributed by atoms with van der Waals surface area (Å²) in [6.45, 7) is 13.9. The van der Waals surface area contributed by atoms with Crippen molar-refractivity contribution in [3.05, 3.63) is 77.1 Å². The van der Waals surface area contributed by atoms with E-state index in [9.17, 15) is 28.1 Å². The fourth-order valence-electron chi connectivity index (χ4n) is 4.75. The van der Waals surface area contributed by atoms with E-state index in [-0.39, 0.29) is 46.2 Å². The Hall–Kier alpha value is -4.55. The number of halogens is 4. The van der Waals surface area contributed by atoms with Gasteiger partial charge in [0.15, 0.2) is 5.54 Å². The third kappa shape index (κ3) is 6.30. The Morgan fingerprint density at radius 2 is 1.88 bits per heavy atom. The summed E-state index contributed by atoms with van der Waals surface area (Å²) in [5.41, 5.74) is 5.70. The second kappa shape index (κ2) is 11.6. The Balaban J connectivity index is 1.83. The monoisotopic (exact) mass is 594 g/mol. The van der Waals surface area contributed by atoms with Crippen LogP contribution in [0.1, 0.15) is 58.6 Å². The molecule has 0 radical (unpaired) electrons. The van der Waals surface area contributed by atoms with E-state index in [0.29, 0.717) is 28.8 Å². The molecule has 1 aliphatic carbocycles. The Kier molecular flexibility index (Phi) is 8.48. The molecule has 4 rings (SSSR count). The van der Waals surface area contributed by atoms with Crippen LogP contribution in [0.15, 0.2) is 65.9 Å². The van der Waals surface area contributed by atoms with Crippen molar-refractivity contribution in [2.45, 2.75) is 65.2 Å². The highest BCUT2D eigenvalue weighted by molar-refractivity contribution is 5.99. The lowest BCUT2D eigenvalue weighted by molar-refractivity contribution is -0.195. The fraction of sp³-hybridized carbons (Fsp3) is 0.387. The van der Waals surface area contributed by atoms with Crippen molar-refractivity contribution < 1.29 is 17.6 Å². The summed E-state index contributed by atoms with van der Waals surface area (Å²) in [6, 6.07) is 6.60. The second-order valence-corrected chi connectivity index (χ2v) is 11.9. The summed E-state index contributed by atoms with van der Waals surface area (Å²) in [4.78, 5) is 4.36. The number of fused-ring (bicyclic) bond motifs is 1. The highest BCUT2D eigenvalue weighted by atomic mass is 19.4. The first-order valence-corrected chi connectivity index (χ1v) is 13.7. The number of allylic oxidation sites excluding steroid dienone is 3. The minimum absolute atomic E-state index is 0.0718. The molecule has 0 unspecified atom stereocenters. The largest absolute Gasteiger partial charge is 0.413 e. The van der Waals surface area contributed by atoms with Gasteiger partial charge in [-0.05, 0) is 61.5 Å². The number of nitrogens with one attached hydrogen (secondary N) is 4. The number of anilines is 2. The summed E-state index contributed by atoms with van der Waals surface area (Å²) in [5.74, 6) is -0.551.